The summed E-state index contributed by atoms with van der Waals surface area (Å²) in [6, 6.07) is 0. The van der Waals surface area contributed by atoms with Gasteiger partial charge in [-0.15, -0.1) is 0 Å². The van der Waals surface area contributed by atoms with E-state index in [9.17, 15) is 19.8 Å². The molecular formula is C12H20O5. The third-order valence-electron chi connectivity index (χ3n) is 3.90. The molecule has 1 aliphatic carbocycles. The number of carboxylic acids is 2. The van der Waals surface area contributed by atoms with E-state index < -0.39 is 23.0 Å². The minimum Gasteiger partial charge on any atom is -0.481 e. The maximum absolute atomic E-state index is 11.6. The fourth-order valence-electron chi connectivity index (χ4n) is 2.97. The predicted molar refractivity (Wildman–Crippen MR) is 60.8 cm³/mol. The molecule has 0 aromatic rings. The highest BCUT2D eigenvalue weighted by atomic mass is 16.5. The van der Waals surface area contributed by atoms with Gasteiger partial charge >= 0.3 is 11.9 Å². The molecule has 0 radical (unpaired) electrons. The van der Waals surface area contributed by atoms with Crippen LogP contribution in [0.25, 0.3) is 0 Å². The first kappa shape index (κ1) is 14.0. The summed E-state index contributed by atoms with van der Waals surface area (Å²) in [5.74, 6) is -2.21. The Labute approximate surface area is 101 Å². The number of carboxylic acid groups (broad SMARTS) is 2. The van der Waals surface area contributed by atoms with Crippen molar-refractivity contribution in [1.82, 2.24) is 0 Å². The van der Waals surface area contributed by atoms with Crippen molar-refractivity contribution in [3.8, 4) is 0 Å². The lowest BCUT2D eigenvalue weighted by atomic mass is 9.61. The first-order chi connectivity index (χ1) is 7.97. The van der Waals surface area contributed by atoms with Gasteiger partial charge in [-0.05, 0) is 32.6 Å². The van der Waals surface area contributed by atoms with Gasteiger partial charge in [-0.2, -0.15) is 0 Å². The maximum Gasteiger partial charge on any atom is 0.337 e. The highest BCUT2D eigenvalue weighted by molar-refractivity contribution is 5.89. The first-order valence-electron chi connectivity index (χ1n) is 6.07. The van der Waals surface area contributed by atoms with Crippen molar-refractivity contribution in [2.75, 3.05) is 6.61 Å². The quantitative estimate of drug-likeness (QED) is 0.771. The number of carbonyl (C=O) groups is 2. The molecule has 0 aromatic carbocycles. The molecule has 0 saturated heterocycles. The Bertz CT molecular complexity index is 310. The summed E-state index contributed by atoms with van der Waals surface area (Å²) in [4.78, 5) is 23.1. The second-order valence-electron chi connectivity index (χ2n) is 4.51. The molecule has 1 aliphatic rings. The second kappa shape index (κ2) is 5.04. The van der Waals surface area contributed by atoms with Gasteiger partial charge in [-0.3, -0.25) is 4.79 Å². The Morgan fingerprint density at radius 2 is 1.71 bits per heavy atom. The van der Waals surface area contributed by atoms with Gasteiger partial charge in [0.25, 0.3) is 0 Å². The van der Waals surface area contributed by atoms with Crippen LogP contribution < -0.4 is 0 Å². The summed E-state index contributed by atoms with van der Waals surface area (Å²) >= 11 is 0. The molecule has 0 bridgehead atoms. The van der Waals surface area contributed by atoms with E-state index in [2.05, 4.69) is 0 Å². The van der Waals surface area contributed by atoms with Gasteiger partial charge in [0.1, 0.15) is 5.41 Å². The van der Waals surface area contributed by atoms with Crippen LogP contribution in [0, 0.1) is 5.41 Å². The largest absolute Gasteiger partial charge is 0.481 e. The molecule has 0 spiro atoms. The van der Waals surface area contributed by atoms with E-state index in [4.69, 9.17) is 4.74 Å². The molecule has 2 unspecified atom stereocenters. The molecule has 1 fully saturated rings. The van der Waals surface area contributed by atoms with Crippen molar-refractivity contribution < 1.29 is 24.5 Å². The standard InChI is InChI=1S/C12H20O5/c1-3-11(9(13)14)7-5-6-8-12(11,10(15)16)17-4-2/h3-8H2,1-2H3,(H,13,14)(H,15,16). The first-order valence-corrected chi connectivity index (χ1v) is 6.07. The Kier molecular flexibility index (Phi) is 4.14. The van der Waals surface area contributed by atoms with Gasteiger partial charge in [0.15, 0.2) is 5.60 Å². The zero-order valence-corrected chi connectivity index (χ0v) is 10.4. The fraction of sp³-hybridized carbons (Fsp3) is 0.833. The van der Waals surface area contributed by atoms with Crippen LogP contribution in [0.2, 0.25) is 0 Å². The smallest absolute Gasteiger partial charge is 0.337 e. The van der Waals surface area contributed by atoms with Crippen LogP contribution in [0.4, 0.5) is 0 Å². The number of hydrogen-bond acceptors (Lipinski definition) is 3. The Morgan fingerprint density at radius 3 is 2.12 bits per heavy atom. The number of rotatable bonds is 5. The number of ether oxygens (including phenoxy) is 1. The Morgan fingerprint density at radius 1 is 1.12 bits per heavy atom. The molecule has 17 heavy (non-hydrogen) atoms. The molecular weight excluding hydrogens is 224 g/mol. The second-order valence-corrected chi connectivity index (χ2v) is 4.51. The van der Waals surface area contributed by atoms with Crippen molar-refractivity contribution in [3.05, 3.63) is 0 Å². The lowest BCUT2D eigenvalue weighted by molar-refractivity contribution is -0.208. The number of hydrogen-bond donors (Lipinski definition) is 2. The maximum atomic E-state index is 11.6. The Balaban J connectivity index is 3.28. The third-order valence-corrected chi connectivity index (χ3v) is 3.90. The van der Waals surface area contributed by atoms with E-state index in [0.717, 1.165) is 6.42 Å². The molecule has 0 aliphatic heterocycles. The average molecular weight is 244 g/mol. The van der Waals surface area contributed by atoms with Crippen molar-refractivity contribution in [2.24, 2.45) is 5.41 Å². The molecule has 2 atom stereocenters. The van der Waals surface area contributed by atoms with Gasteiger partial charge in [0.2, 0.25) is 0 Å². The zero-order valence-electron chi connectivity index (χ0n) is 10.4. The van der Waals surface area contributed by atoms with Crippen molar-refractivity contribution in [3.63, 3.8) is 0 Å². The van der Waals surface area contributed by atoms with Gasteiger partial charge in [-0.1, -0.05) is 13.3 Å². The topological polar surface area (TPSA) is 83.8 Å². The van der Waals surface area contributed by atoms with Crippen LogP contribution in [0.15, 0.2) is 0 Å². The summed E-state index contributed by atoms with van der Waals surface area (Å²) in [6.07, 6.45) is 2.35. The normalized spacial score (nSPS) is 33.3. The molecule has 1 rings (SSSR count). The molecule has 5 nitrogen and oxygen atoms in total. The molecule has 0 heterocycles. The fourth-order valence-corrected chi connectivity index (χ4v) is 2.97. The van der Waals surface area contributed by atoms with E-state index >= 15 is 0 Å². The molecule has 0 aromatic heterocycles. The average Bonchev–Trinajstić information content (AvgIpc) is 2.29. The molecule has 1 saturated carbocycles. The predicted octanol–water partition coefficient (Wildman–Crippen LogP) is 1.90. The zero-order chi connectivity index (χ0) is 13.1. The summed E-state index contributed by atoms with van der Waals surface area (Å²) in [6.45, 7) is 3.62. The summed E-state index contributed by atoms with van der Waals surface area (Å²) < 4.78 is 5.42. The molecule has 0 amide bonds. The van der Waals surface area contributed by atoms with Crippen LogP contribution >= 0.6 is 0 Å². The van der Waals surface area contributed by atoms with Crippen LogP contribution in [0.3, 0.4) is 0 Å². The van der Waals surface area contributed by atoms with Crippen LogP contribution in [-0.4, -0.2) is 34.4 Å². The minimum absolute atomic E-state index is 0.210. The minimum atomic E-state index is -1.57. The monoisotopic (exact) mass is 244 g/mol. The van der Waals surface area contributed by atoms with Crippen molar-refractivity contribution in [2.45, 2.75) is 51.6 Å². The van der Waals surface area contributed by atoms with Crippen LogP contribution in [-0.2, 0) is 14.3 Å². The molecule has 2 N–H and O–H groups in total. The lowest BCUT2D eigenvalue weighted by Gasteiger charge is -2.47. The highest BCUT2D eigenvalue weighted by Crippen LogP contribution is 2.49. The number of aliphatic carboxylic acids is 2. The van der Waals surface area contributed by atoms with Crippen molar-refractivity contribution in [1.29, 1.82) is 0 Å². The van der Waals surface area contributed by atoms with Crippen molar-refractivity contribution >= 4 is 11.9 Å². The Hall–Kier alpha value is -1.10. The van der Waals surface area contributed by atoms with E-state index in [-0.39, 0.29) is 19.4 Å². The summed E-state index contributed by atoms with van der Waals surface area (Å²) in [7, 11) is 0. The van der Waals surface area contributed by atoms with Gasteiger partial charge in [-0.25, -0.2) is 4.79 Å². The van der Waals surface area contributed by atoms with E-state index in [1.165, 1.54) is 0 Å². The van der Waals surface area contributed by atoms with Crippen LogP contribution in [0.1, 0.15) is 46.0 Å². The third kappa shape index (κ3) is 1.92. The SMILES string of the molecule is CCOC1(C(=O)O)CCCCC1(CC)C(=O)O. The lowest BCUT2D eigenvalue weighted by Crippen LogP contribution is -2.61. The van der Waals surface area contributed by atoms with Crippen LogP contribution in [0.5, 0.6) is 0 Å². The highest BCUT2D eigenvalue weighted by Gasteiger charge is 2.62. The summed E-state index contributed by atoms with van der Waals surface area (Å²) in [5.41, 5.74) is -2.87. The van der Waals surface area contributed by atoms with E-state index in [1.807, 2.05) is 0 Å². The van der Waals surface area contributed by atoms with E-state index in [1.54, 1.807) is 13.8 Å². The summed E-state index contributed by atoms with van der Waals surface area (Å²) in [5, 5.41) is 18.9. The molecule has 98 valence electrons. The van der Waals surface area contributed by atoms with Gasteiger partial charge in [0, 0.05) is 6.61 Å². The molecule has 5 heteroatoms. The van der Waals surface area contributed by atoms with Gasteiger partial charge in [0.05, 0.1) is 0 Å². The van der Waals surface area contributed by atoms with Gasteiger partial charge < -0.3 is 14.9 Å². The van der Waals surface area contributed by atoms with E-state index in [0.29, 0.717) is 12.8 Å².